The van der Waals surface area contributed by atoms with Gasteiger partial charge >= 0.3 is 0 Å². The largest absolute Gasteiger partial charge is 0.392 e. The average Bonchev–Trinajstić information content (AvgIpc) is 2.88. The van der Waals surface area contributed by atoms with Gasteiger partial charge in [0.25, 0.3) is 10.0 Å². The van der Waals surface area contributed by atoms with Crippen LogP contribution < -0.4 is 0 Å². The molecule has 118 valence electrons. The van der Waals surface area contributed by atoms with Crippen molar-refractivity contribution in [3.63, 3.8) is 0 Å². The van der Waals surface area contributed by atoms with Crippen LogP contribution in [0, 0.1) is 12.8 Å². The van der Waals surface area contributed by atoms with E-state index in [1.165, 1.54) is 6.42 Å². The number of hydrogen-bond donors (Lipinski definition) is 2. The van der Waals surface area contributed by atoms with Crippen LogP contribution in [0.2, 0.25) is 0 Å². The molecule has 1 aliphatic carbocycles. The number of aromatic nitrogens is 2. The molecule has 0 bridgehead atoms. The molecule has 2 atom stereocenters. The topological polar surface area (TPSA) is 86.3 Å². The van der Waals surface area contributed by atoms with Crippen LogP contribution in [-0.4, -0.2) is 40.6 Å². The van der Waals surface area contributed by atoms with Crippen LogP contribution in [0.3, 0.4) is 0 Å². The van der Waals surface area contributed by atoms with Crippen molar-refractivity contribution >= 4 is 10.0 Å². The molecule has 1 aromatic heterocycles. The summed E-state index contributed by atoms with van der Waals surface area (Å²) in [7, 11) is -3.62. The van der Waals surface area contributed by atoms with Gasteiger partial charge in [0.1, 0.15) is 0 Å². The van der Waals surface area contributed by atoms with E-state index in [0.29, 0.717) is 23.7 Å². The number of nitrogens with zero attached hydrogens (tertiary/aromatic N) is 2. The van der Waals surface area contributed by atoms with Gasteiger partial charge in [-0.2, -0.15) is 9.40 Å². The Morgan fingerprint density at radius 2 is 2.00 bits per heavy atom. The van der Waals surface area contributed by atoms with Crippen molar-refractivity contribution < 1.29 is 13.5 Å². The van der Waals surface area contributed by atoms with Crippen molar-refractivity contribution in [1.82, 2.24) is 14.5 Å². The molecule has 1 saturated heterocycles. The number of hydrogen-bond acceptors (Lipinski definition) is 4. The minimum absolute atomic E-state index is 0.00808. The van der Waals surface area contributed by atoms with Gasteiger partial charge in [-0.3, -0.25) is 5.10 Å². The molecule has 0 aromatic carbocycles. The summed E-state index contributed by atoms with van der Waals surface area (Å²) in [5.41, 5.74) is 1.02. The Kier molecular flexibility index (Phi) is 4.07. The van der Waals surface area contributed by atoms with E-state index in [-0.39, 0.29) is 17.7 Å². The molecule has 21 heavy (non-hydrogen) atoms. The first-order valence-electron chi connectivity index (χ1n) is 7.72. The second-order valence-corrected chi connectivity index (χ2v) is 7.97. The molecule has 2 N–H and O–H groups in total. The van der Waals surface area contributed by atoms with Gasteiger partial charge in [0.2, 0.25) is 0 Å². The van der Waals surface area contributed by atoms with Crippen molar-refractivity contribution in [3.8, 4) is 0 Å². The maximum Gasteiger partial charge on any atom is 0.263 e. The van der Waals surface area contributed by atoms with E-state index in [9.17, 15) is 13.5 Å². The van der Waals surface area contributed by atoms with Crippen LogP contribution in [-0.2, 0) is 16.6 Å². The molecular weight excluding hydrogens is 290 g/mol. The van der Waals surface area contributed by atoms with Crippen LogP contribution >= 0.6 is 0 Å². The standard InChI is InChI=1S/C14H23N3O3S/c1-10-12(9-18)14(16-15-10)21(19,20)17-8-4-6-11-5-2-3-7-13(11)17/h11,13,18H,2-9H2,1H3,(H,15,16). The molecule has 2 unspecified atom stereocenters. The molecule has 2 heterocycles. The second-order valence-electron chi connectivity index (χ2n) is 6.16. The molecule has 0 spiro atoms. The van der Waals surface area contributed by atoms with Gasteiger partial charge in [0, 0.05) is 23.8 Å². The fraction of sp³-hybridized carbons (Fsp3) is 0.786. The lowest BCUT2D eigenvalue weighted by molar-refractivity contribution is 0.128. The zero-order valence-electron chi connectivity index (χ0n) is 12.4. The van der Waals surface area contributed by atoms with E-state index in [1.807, 2.05) is 0 Å². The van der Waals surface area contributed by atoms with Crippen LogP contribution in [0.1, 0.15) is 49.8 Å². The van der Waals surface area contributed by atoms with Gasteiger partial charge in [-0.05, 0) is 38.5 Å². The number of fused-ring (bicyclic) bond motifs is 1. The van der Waals surface area contributed by atoms with Gasteiger partial charge < -0.3 is 5.11 Å². The molecule has 6 nitrogen and oxygen atoms in total. The van der Waals surface area contributed by atoms with Crippen LogP contribution in [0.15, 0.2) is 5.03 Å². The van der Waals surface area contributed by atoms with Gasteiger partial charge in [-0.25, -0.2) is 8.42 Å². The Morgan fingerprint density at radius 3 is 2.76 bits per heavy atom. The highest BCUT2D eigenvalue weighted by atomic mass is 32.2. The molecule has 7 heteroatoms. The zero-order valence-corrected chi connectivity index (χ0v) is 13.2. The Bertz CT molecular complexity index is 609. The van der Waals surface area contributed by atoms with E-state index in [2.05, 4.69) is 10.2 Å². The molecule has 1 saturated carbocycles. The number of aliphatic hydroxyl groups is 1. The first kappa shape index (κ1) is 15.0. The molecule has 0 radical (unpaired) electrons. The lowest BCUT2D eigenvalue weighted by Crippen LogP contribution is -2.49. The minimum atomic E-state index is -3.62. The lowest BCUT2D eigenvalue weighted by Gasteiger charge is -2.42. The van der Waals surface area contributed by atoms with Gasteiger partial charge in [0.15, 0.2) is 5.03 Å². The third kappa shape index (κ3) is 2.51. The smallest absolute Gasteiger partial charge is 0.263 e. The summed E-state index contributed by atoms with van der Waals surface area (Å²) in [4.78, 5) is 0. The SMILES string of the molecule is Cc1[nH]nc(S(=O)(=O)N2CCCC3CCCCC32)c1CO. The lowest BCUT2D eigenvalue weighted by atomic mass is 9.79. The molecule has 1 aliphatic heterocycles. The summed E-state index contributed by atoms with van der Waals surface area (Å²) in [5.74, 6) is 0.486. The normalized spacial score (nSPS) is 27.5. The van der Waals surface area contributed by atoms with Crippen molar-refractivity contribution in [3.05, 3.63) is 11.3 Å². The molecular formula is C14H23N3O3S. The van der Waals surface area contributed by atoms with Crippen LogP contribution in [0.4, 0.5) is 0 Å². The summed E-state index contributed by atoms with van der Waals surface area (Å²) in [6, 6.07) is 0.112. The summed E-state index contributed by atoms with van der Waals surface area (Å²) < 4.78 is 27.6. The Labute approximate surface area is 125 Å². The Hall–Kier alpha value is -0.920. The number of aliphatic hydroxyl groups excluding tert-OH is 1. The van der Waals surface area contributed by atoms with Crippen molar-refractivity contribution in [1.29, 1.82) is 0 Å². The van der Waals surface area contributed by atoms with Crippen molar-refractivity contribution in [2.24, 2.45) is 5.92 Å². The minimum Gasteiger partial charge on any atom is -0.392 e. The zero-order chi connectivity index (χ0) is 15.0. The summed E-state index contributed by atoms with van der Waals surface area (Å²) in [6.45, 7) is 2.00. The molecule has 2 aliphatic rings. The predicted octanol–water partition coefficient (Wildman–Crippen LogP) is 1.55. The molecule has 2 fully saturated rings. The monoisotopic (exact) mass is 313 g/mol. The van der Waals surface area contributed by atoms with Crippen LogP contribution in [0.25, 0.3) is 0 Å². The highest BCUT2D eigenvalue weighted by molar-refractivity contribution is 7.89. The number of sulfonamides is 1. The fourth-order valence-electron chi connectivity index (χ4n) is 3.82. The first-order valence-corrected chi connectivity index (χ1v) is 9.16. The Morgan fingerprint density at radius 1 is 1.29 bits per heavy atom. The number of nitrogens with one attached hydrogen (secondary N) is 1. The highest BCUT2D eigenvalue weighted by Gasteiger charge is 2.41. The van der Waals surface area contributed by atoms with E-state index in [4.69, 9.17) is 0 Å². The van der Waals surface area contributed by atoms with Crippen molar-refractivity contribution in [2.45, 2.75) is 63.1 Å². The third-order valence-corrected chi connectivity index (χ3v) is 6.84. The average molecular weight is 313 g/mol. The predicted molar refractivity (Wildman–Crippen MR) is 78.1 cm³/mol. The summed E-state index contributed by atoms with van der Waals surface area (Å²) in [5, 5.41) is 16.1. The van der Waals surface area contributed by atoms with E-state index < -0.39 is 10.0 Å². The maximum atomic E-state index is 13.0. The first-order chi connectivity index (χ1) is 10.1. The highest BCUT2D eigenvalue weighted by Crippen LogP contribution is 2.38. The molecule has 3 rings (SSSR count). The quantitative estimate of drug-likeness (QED) is 0.886. The number of rotatable bonds is 3. The van der Waals surface area contributed by atoms with E-state index in [1.54, 1.807) is 11.2 Å². The van der Waals surface area contributed by atoms with E-state index in [0.717, 1.165) is 32.1 Å². The van der Waals surface area contributed by atoms with Gasteiger partial charge in [-0.15, -0.1) is 0 Å². The molecule has 0 amide bonds. The van der Waals surface area contributed by atoms with Crippen LogP contribution in [0.5, 0.6) is 0 Å². The van der Waals surface area contributed by atoms with Crippen molar-refractivity contribution in [2.75, 3.05) is 6.54 Å². The fourth-order valence-corrected chi connectivity index (χ4v) is 5.73. The van der Waals surface area contributed by atoms with E-state index >= 15 is 0 Å². The van der Waals surface area contributed by atoms with Gasteiger partial charge in [0.05, 0.1) is 6.61 Å². The number of aryl methyl sites for hydroxylation is 1. The second kappa shape index (κ2) is 5.70. The summed E-state index contributed by atoms with van der Waals surface area (Å²) in [6.07, 6.45) is 6.42. The number of piperidine rings is 1. The van der Waals surface area contributed by atoms with Gasteiger partial charge in [-0.1, -0.05) is 12.8 Å². The molecule has 1 aromatic rings. The number of H-pyrrole nitrogens is 1. The maximum absolute atomic E-state index is 13.0. The third-order valence-electron chi connectivity index (χ3n) is 4.94. The number of aromatic amines is 1. The Balaban J connectivity index is 1.96. The summed E-state index contributed by atoms with van der Waals surface area (Å²) >= 11 is 0.